The van der Waals surface area contributed by atoms with Gasteiger partial charge in [0.1, 0.15) is 0 Å². The molecule has 0 bridgehead atoms. The molecule has 0 saturated carbocycles. The van der Waals surface area contributed by atoms with Gasteiger partial charge in [0.15, 0.2) is 0 Å². The molecule has 14 heavy (non-hydrogen) atoms. The first-order valence-electron chi connectivity index (χ1n) is 5.45. The van der Waals surface area contributed by atoms with E-state index in [9.17, 15) is 0 Å². The number of rotatable bonds is 1. The van der Waals surface area contributed by atoms with Gasteiger partial charge in [0.05, 0.1) is 12.7 Å². The Morgan fingerprint density at radius 2 is 2.36 bits per heavy atom. The highest BCUT2D eigenvalue weighted by molar-refractivity contribution is 5.22. The molecule has 1 heterocycles. The molecule has 1 N–H and O–H groups in total. The highest BCUT2D eigenvalue weighted by atomic mass is 16.5. The maximum atomic E-state index is 5.82. The SMILES string of the molecule is CC1=CC[C@H](C2CN[C@@H](C)CO2)C=C1. The van der Waals surface area contributed by atoms with Crippen LogP contribution in [0.1, 0.15) is 20.3 Å². The average Bonchev–Trinajstić information content (AvgIpc) is 2.21. The van der Waals surface area contributed by atoms with Crippen LogP contribution in [0.25, 0.3) is 0 Å². The van der Waals surface area contributed by atoms with Crippen molar-refractivity contribution in [1.29, 1.82) is 0 Å². The summed E-state index contributed by atoms with van der Waals surface area (Å²) in [5.41, 5.74) is 1.37. The number of morpholine rings is 1. The Morgan fingerprint density at radius 1 is 1.50 bits per heavy atom. The lowest BCUT2D eigenvalue weighted by Crippen LogP contribution is -2.47. The molecule has 78 valence electrons. The summed E-state index contributed by atoms with van der Waals surface area (Å²) >= 11 is 0. The zero-order valence-electron chi connectivity index (χ0n) is 8.99. The average molecular weight is 193 g/mol. The predicted octanol–water partition coefficient (Wildman–Crippen LogP) is 1.89. The lowest BCUT2D eigenvalue weighted by atomic mass is 9.91. The van der Waals surface area contributed by atoms with E-state index in [1.807, 2.05) is 0 Å². The molecule has 1 fully saturated rings. The molecule has 1 saturated heterocycles. The molecule has 0 aromatic heterocycles. The van der Waals surface area contributed by atoms with E-state index < -0.39 is 0 Å². The monoisotopic (exact) mass is 193 g/mol. The summed E-state index contributed by atoms with van der Waals surface area (Å²) in [6.45, 7) is 6.15. The number of ether oxygens (including phenoxy) is 1. The van der Waals surface area contributed by atoms with Crippen LogP contribution in [-0.2, 0) is 4.74 Å². The van der Waals surface area contributed by atoms with Gasteiger partial charge in [-0.3, -0.25) is 0 Å². The zero-order chi connectivity index (χ0) is 9.97. The molecule has 0 aromatic carbocycles. The van der Waals surface area contributed by atoms with Gasteiger partial charge in [-0.05, 0) is 20.3 Å². The number of nitrogens with one attached hydrogen (secondary N) is 1. The third kappa shape index (κ3) is 2.25. The van der Waals surface area contributed by atoms with Gasteiger partial charge in [-0.1, -0.05) is 23.8 Å². The molecule has 0 amide bonds. The minimum absolute atomic E-state index is 0.367. The van der Waals surface area contributed by atoms with Gasteiger partial charge in [0.2, 0.25) is 0 Å². The van der Waals surface area contributed by atoms with Gasteiger partial charge in [-0.25, -0.2) is 0 Å². The Balaban J connectivity index is 1.88. The second-order valence-corrected chi connectivity index (χ2v) is 4.39. The normalized spacial score (nSPS) is 38.1. The standard InChI is InChI=1S/C12H19NO/c1-9-3-5-11(6-4-9)12-7-13-10(2)8-14-12/h3-5,10-13H,6-8H2,1-2H3/t10-,11+,12?/m0/s1. The van der Waals surface area contributed by atoms with E-state index in [4.69, 9.17) is 4.74 Å². The highest BCUT2D eigenvalue weighted by Gasteiger charge is 2.24. The highest BCUT2D eigenvalue weighted by Crippen LogP contribution is 2.22. The molecule has 0 aromatic rings. The fourth-order valence-corrected chi connectivity index (χ4v) is 2.00. The summed E-state index contributed by atoms with van der Waals surface area (Å²) in [7, 11) is 0. The van der Waals surface area contributed by atoms with E-state index in [1.165, 1.54) is 5.57 Å². The van der Waals surface area contributed by atoms with E-state index in [0.29, 0.717) is 18.1 Å². The van der Waals surface area contributed by atoms with E-state index in [-0.39, 0.29) is 0 Å². The van der Waals surface area contributed by atoms with Crippen LogP contribution in [0.5, 0.6) is 0 Å². The van der Waals surface area contributed by atoms with E-state index >= 15 is 0 Å². The molecule has 1 aliphatic heterocycles. The van der Waals surface area contributed by atoms with Crippen molar-refractivity contribution >= 4 is 0 Å². The smallest absolute Gasteiger partial charge is 0.0765 e. The Bertz CT molecular complexity index is 249. The Hall–Kier alpha value is -0.600. The molecule has 1 unspecified atom stereocenters. The van der Waals surface area contributed by atoms with Gasteiger partial charge in [0, 0.05) is 18.5 Å². The van der Waals surface area contributed by atoms with Gasteiger partial charge >= 0.3 is 0 Å². The number of hydrogen-bond acceptors (Lipinski definition) is 2. The number of hydrogen-bond donors (Lipinski definition) is 1. The first-order valence-corrected chi connectivity index (χ1v) is 5.45. The molecule has 2 rings (SSSR count). The fourth-order valence-electron chi connectivity index (χ4n) is 2.00. The maximum absolute atomic E-state index is 5.82. The van der Waals surface area contributed by atoms with Gasteiger partial charge in [-0.15, -0.1) is 0 Å². The van der Waals surface area contributed by atoms with Crippen LogP contribution in [0.4, 0.5) is 0 Å². The van der Waals surface area contributed by atoms with Crippen molar-refractivity contribution in [3.63, 3.8) is 0 Å². The number of allylic oxidation sites excluding steroid dienone is 3. The van der Waals surface area contributed by atoms with Gasteiger partial charge in [0.25, 0.3) is 0 Å². The zero-order valence-corrected chi connectivity index (χ0v) is 8.99. The summed E-state index contributed by atoms with van der Waals surface area (Å²) in [5.74, 6) is 0.568. The van der Waals surface area contributed by atoms with Gasteiger partial charge in [-0.2, -0.15) is 0 Å². The molecule has 1 aliphatic carbocycles. The van der Waals surface area contributed by atoms with Crippen LogP contribution >= 0.6 is 0 Å². The molecule has 0 radical (unpaired) electrons. The predicted molar refractivity (Wildman–Crippen MR) is 58.2 cm³/mol. The maximum Gasteiger partial charge on any atom is 0.0765 e. The van der Waals surface area contributed by atoms with Crippen molar-refractivity contribution in [2.45, 2.75) is 32.4 Å². The summed E-state index contributed by atoms with van der Waals surface area (Å²) < 4.78 is 5.82. The molecule has 0 spiro atoms. The minimum Gasteiger partial charge on any atom is -0.375 e. The Labute approximate surface area is 86.0 Å². The minimum atomic E-state index is 0.367. The van der Waals surface area contributed by atoms with E-state index in [1.54, 1.807) is 0 Å². The lowest BCUT2D eigenvalue weighted by Gasteiger charge is -2.33. The van der Waals surface area contributed by atoms with Crippen molar-refractivity contribution < 1.29 is 4.74 Å². The Morgan fingerprint density at radius 3 is 2.93 bits per heavy atom. The Kier molecular flexibility index (Phi) is 3.04. The van der Waals surface area contributed by atoms with Crippen molar-refractivity contribution in [2.24, 2.45) is 5.92 Å². The summed E-state index contributed by atoms with van der Waals surface area (Å²) in [6, 6.07) is 0.510. The summed E-state index contributed by atoms with van der Waals surface area (Å²) in [5, 5.41) is 3.46. The van der Waals surface area contributed by atoms with Crippen LogP contribution in [0.3, 0.4) is 0 Å². The molecule has 2 aliphatic rings. The molecule has 2 heteroatoms. The first kappa shape index (κ1) is 9.94. The lowest BCUT2D eigenvalue weighted by molar-refractivity contribution is -0.0146. The van der Waals surface area contributed by atoms with Crippen molar-refractivity contribution in [3.8, 4) is 0 Å². The summed E-state index contributed by atoms with van der Waals surface area (Å²) in [4.78, 5) is 0. The summed E-state index contributed by atoms with van der Waals surface area (Å²) in [6.07, 6.45) is 8.29. The largest absolute Gasteiger partial charge is 0.375 e. The molecule has 3 atom stereocenters. The van der Waals surface area contributed by atoms with Crippen LogP contribution in [0.15, 0.2) is 23.8 Å². The van der Waals surface area contributed by atoms with Crippen molar-refractivity contribution in [1.82, 2.24) is 5.32 Å². The molecule has 2 nitrogen and oxygen atoms in total. The van der Waals surface area contributed by atoms with Crippen LogP contribution in [-0.4, -0.2) is 25.3 Å². The van der Waals surface area contributed by atoms with E-state index in [0.717, 1.165) is 19.6 Å². The van der Waals surface area contributed by atoms with Crippen molar-refractivity contribution in [2.75, 3.05) is 13.2 Å². The topological polar surface area (TPSA) is 21.3 Å². The van der Waals surface area contributed by atoms with Crippen LogP contribution in [0.2, 0.25) is 0 Å². The van der Waals surface area contributed by atoms with Crippen molar-refractivity contribution in [3.05, 3.63) is 23.8 Å². The molecular weight excluding hydrogens is 174 g/mol. The third-order valence-electron chi connectivity index (χ3n) is 3.02. The first-order chi connectivity index (χ1) is 6.75. The van der Waals surface area contributed by atoms with Gasteiger partial charge < -0.3 is 10.1 Å². The molecular formula is C12H19NO. The fraction of sp³-hybridized carbons (Fsp3) is 0.667. The quantitative estimate of drug-likeness (QED) is 0.686. The third-order valence-corrected chi connectivity index (χ3v) is 3.02. The van der Waals surface area contributed by atoms with E-state index in [2.05, 4.69) is 37.4 Å². The van der Waals surface area contributed by atoms with Crippen LogP contribution in [0, 0.1) is 5.92 Å². The second-order valence-electron chi connectivity index (χ2n) is 4.39. The van der Waals surface area contributed by atoms with Crippen LogP contribution < -0.4 is 5.32 Å². The second kappa shape index (κ2) is 4.28.